The summed E-state index contributed by atoms with van der Waals surface area (Å²) in [5, 5.41) is 4.01. The lowest BCUT2D eigenvalue weighted by atomic mass is 10.0. The highest BCUT2D eigenvalue weighted by Crippen LogP contribution is 2.27. The van der Waals surface area contributed by atoms with Gasteiger partial charge in [0.05, 0.1) is 6.54 Å². The molecular formula is C25H29FN2O2. The zero-order chi connectivity index (χ0) is 21.1. The average Bonchev–Trinajstić information content (AvgIpc) is 3.08. The number of carbonyl (C=O) groups excluding carboxylic acids is 1. The highest BCUT2D eigenvalue weighted by molar-refractivity contribution is 6.01. The molecule has 0 aliphatic carbocycles. The molecule has 0 radical (unpaired) electrons. The van der Waals surface area contributed by atoms with Gasteiger partial charge in [-0.25, -0.2) is 4.39 Å². The van der Waals surface area contributed by atoms with E-state index in [4.69, 9.17) is 4.42 Å². The van der Waals surface area contributed by atoms with Gasteiger partial charge >= 0.3 is 0 Å². The monoisotopic (exact) mass is 408 g/mol. The molecule has 1 saturated heterocycles. The smallest absolute Gasteiger partial charge is 0.212 e. The SMILES string of the molecule is Cc1ccc(C(CNCC(=O)c2oc3ccc(F)cc3c2C)N2CCCCC2)cc1. The number of hydrogen-bond donors (Lipinski definition) is 1. The minimum Gasteiger partial charge on any atom is -0.453 e. The highest BCUT2D eigenvalue weighted by atomic mass is 19.1. The van der Waals surface area contributed by atoms with Crippen molar-refractivity contribution in [2.24, 2.45) is 0 Å². The summed E-state index contributed by atoms with van der Waals surface area (Å²) >= 11 is 0. The van der Waals surface area contributed by atoms with E-state index in [9.17, 15) is 9.18 Å². The van der Waals surface area contributed by atoms with E-state index in [1.807, 2.05) is 0 Å². The van der Waals surface area contributed by atoms with Gasteiger partial charge in [0.25, 0.3) is 0 Å². The molecule has 1 fully saturated rings. The molecule has 4 nitrogen and oxygen atoms in total. The molecule has 0 bridgehead atoms. The van der Waals surface area contributed by atoms with Crippen LogP contribution in [0.25, 0.3) is 11.0 Å². The van der Waals surface area contributed by atoms with Crippen molar-refractivity contribution in [3.05, 3.63) is 70.7 Å². The van der Waals surface area contributed by atoms with Crippen molar-refractivity contribution in [2.75, 3.05) is 26.2 Å². The van der Waals surface area contributed by atoms with Crippen molar-refractivity contribution >= 4 is 16.8 Å². The number of benzene rings is 2. The van der Waals surface area contributed by atoms with Crippen LogP contribution in [0.3, 0.4) is 0 Å². The number of nitrogens with zero attached hydrogens (tertiary/aromatic N) is 1. The van der Waals surface area contributed by atoms with E-state index in [2.05, 4.69) is 41.4 Å². The quantitative estimate of drug-likeness (QED) is 0.547. The second kappa shape index (κ2) is 9.11. The van der Waals surface area contributed by atoms with Crippen LogP contribution in [0.4, 0.5) is 4.39 Å². The van der Waals surface area contributed by atoms with Crippen LogP contribution in [0, 0.1) is 19.7 Å². The number of piperidine rings is 1. The number of Topliss-reactive ketones (excluding diaryl/α,β-unsaturated/α-hetero) is 1. The van der Waals surface area contributed by atoms with E-state index in [0.29, 0.717) is 28.8 Å². The fourth-order valence-corrected chi connectivity index (χ4v) is 4.34. The number of nitrogens with one attached hydrogen (secondary N) is 1. The Kier molecular flexibility index (Phi) is 6.30. The predicted octanol–water partition coefficient (Wildman–Crippen LogP) is 5.19. The maximum Gasteiger partial charge on any atom is 0.212 e. The number of carbonyl (C=O) groups is 1. The topological polar surface area (TPSA) is 45.5 Å². The summed E-state index contributed by atoms with van der Waals surface area (Å²) in [5.74, 6) is -0.121. The third-order valence-corrected chi connectivity index (χ3v) is 6.07. The van der Waals surface area contributed by atoms with Crippen LogP contribution < -0.4 is 5.32 Å². The van der Waals surface area contributed by atoms with Gasteiger partial charge in [-0.2, -0.15) is 0 Å². The van der Waals surface area contributed by atoms with Crippen LogP contribution >= 0.6 is 0 Å². The number of aryl methyl sites for hydroxylation is 2. The van der Waals surface area contributed by atoms with Crippen molar-refractivity contribution in [3.8, 4) is 0 Å². The van der Waals surface area contributed by atoms with Gasteiger partial charge in [0.15, 0.2) is 5.76 Å². The molecule has 1 aliphatic heterocycles. The number of ketones is 1. The number of furan rings is 1. The number of hydrogen-bond acceptors (Lipinski definition) is 4. The van der Waals surface area contributed by atoms with Gasteiger partial charge in [-0.05, 0) is 63.5 Å². The molecule has 1 aromatic heterocycles. The largest absolute Gasteiger partial charge is 0.453 e. The van der Waals surface area contributed by atoms with Gasteiger partial charge in [0.2, 0.25) is 5.78 Å². The molecule has 30 heavy (non-hydrogen) atoms. The Balaban J connectivity index is 1.45. The highest BCUT2D eigenvalue weighted by Gasteiger charge is 2.23. The normalized spacial score (nSPS) is 16.1. The summed E-state index contributed by atoms with van der Waals surface area (Å²) in [4.78, 5) is 15.3. The zero-order valence-corrected chi connectivity index (χ0v) is 17.7. The lowest BCUT2D eigenvalue weighted by Crippen LogP contribution is -2.40. The minimum atomic E-state index is -0.328. The second-order valence-electron chi connectivity index (χ2n) is 8.27. The van der Waals surface area contributed by atoms with Gasteiger partial charge in [-0.15, -0.1) is 0 Å². The Labute approximate surface area is 177 Å². The standard InChI is InChI=1S/C25H29FN2O2/c1-17-6-8-19(9-7-17)22(28-12-4-3-5-13-28)15-27-16-23(29)25-18(2)21-14-20(26)10-11-24(21)30-25/h6-11,14,22,27H,3-5,12-13,15-16H2,1-2H3. The van der Waals surface area contributed by atoms with Gasteiger partial charge in [0.1, 0.15) is 11.4 Å². The van der Waals surface area contributed by atoms with Crippen molar-refractivity contribution in [1.29, 1.82) is 0 Å². The third kappa shape index (κ3) is 4.47. The number of fused-ring (bicyclic) bond motifs is 1. The summed E-state index contributed by atoms with van der Waals surface area (Å²) in [6, 6.07) is 13.3. The third-order valence-electron chi connectivity index (χ3n) is 6.07. The molecule has 1 atom stereocenters. The molecule has 1 aliphatic rings. The van der Waals surface area contributed by atoms with E-state index in [1.165, 1.54) is 42.5 Å². The van der Waals surface area contributed by atoms with Crippen molar-refractivity contribution in [3.63, 3.8) is 0 Å². The Hall–Kier alpha value is -2.50. The summed E-state index contributed by atoms with van der Waals surface area (Å²) in [7, 11) is 0. The van der Waals surface area contributed by atoms with Gasteiger partial charge < -0.3 is 9.73 Å². The summed E-state index contributed by atoms with van der Waals surface area (Å²) in [6.07, 6.45) is 3.72. The Bertz CT molecular complexity index is 1020. The summed E-state index contributed by atoms with van der Waals surface area (Å²) in [6.45, 7) is 6.96. The van der Waals surface area contributed by atoms with Crippen molar-refractivity contribution in [2.45, 2.75) is 39.2 Å². The number of rotatable bonds is 7. The molecule has 2 heterocycles. The summed E-state index contributed by atoms with van der Waals surface area (Å²) < 4.78 is 19.3. The molecule has 0 amide bonds. The van der Waals surface area contributed by atoms with Crippen LogP contribution in [-0.2, 0) is 0 Å². The van der Waals surface area contributed by atoms with Crippen molar-refractivity contribution in [1.82, 2.24) is 10.2 Å². The molecule has 4 rings (SSSR count). The lowest BCUT2D eigenvalue weighted by Gasteiger charge is -2.35. The maximum atomic E-state index is 13.5. The molecule has 0 saturated carbocycles. The second-order valence-corrected chi connectivity index (χ2v) is 8.27. The van der Waals surface area contributed by atoms with Crippen molar-refractivity contribution < 1.29 is 13.6 Å². The fourth-order valence-electron chi connectivity index (χ4n) is 4.34. The van der Waals surface area contributed by atoms with Crippen LogP contribution in [0.1, 0.15) is 52.5 Å². The fraction of sp³-hybridized carbons (Fsp3) is 0.400. The van der Waals surface area contributed by atoms with E-state index in [1.54, 1.807) is 13.0 Å². The first kappa shape index (κ1) is 20.8. The van der Waals surface area contributed by atoms with Gasteiger partial charge in [-0.1, -0.05) is 36.2 Å². The van der Waals surface area contributed by atoms with Gasteiger partial charge in [0, 0.05) is 23.5 Å². The van der Waals surface area contributed by atoms with E-state index < -0.39 is 0 Å². The molecule has 2 aromatic carbocycles. The van der Waals surface area contributed by atoms with Crippen LogP contribution in [0.2, 0.25) is 0 Å². The van der Waals surface area contributed by atoms with E-state index in [-0.39, 0.29) is 24.2 Å². The van der Waals surface area contributed by atoms with E-state index >= 15 is 0 Å². The summed E-state index contributed by atoms with van der Waals surface area (Å²) in [5.41, 5.74) is 3.76. The van der Waals surface area contributed by atoms with Crippen LogP contribution in [0.5, 0.6) is 0 Å². The van der Waals surface area contributed by atoms with Gasteiger partial charge in [-0.3, -0.25) is 9.69 Å². The molecule has 1 N–H and O–H groups in total. The molecule has 5 heteroatoms. The molecule has 158 valence electrons. The Morgan fingerprint density at radius 2 is 1.83 bits per heavy atom. The maximum absolute atomic E-state index is 13.5. The first-order valence-corrected chi connectivity index (χ1v) is 10.8. The Morgan fingerprint density at radius 1 is 1.10 bits per heavy atom. The molecule has 0 spiro atoms. The van der Waals surface area contributed by atoms with Crippen LogP contribution in [0.15, 0.2) is 46.9 Å². The lowest BCUT2D eigenvalue weighted by molar-refractivity contribution is 0.0958. The number of halogens is 1. The number of likely N-dealkylation sites (tertiary alicyclic amines) is 1. The molecular weight excluding hydrogens is 379 g/mol. The molecule has 3 aromatic rings. The first-order chi connectivity index (χ1) is 14.5. The average molecular weight is 409 g/mol. The minimum absolute atomic E-state index is 0.106. The van der Waals surface area contributed by atoms with E-state index in [0.717, 1.165) is 13.1 Å². The van der Waals surface area contributed by atoms with Crippen LogP contribution in [-0.4, -0.2) is 36.9 Å². The Morgan fingerprint density at radius 3 is 2.57 bits per heavy atom. The zero-order valence-electron chi connectivity index (χ0n) is 17.7. The predicted molar refractivity (Wildman–Crippen MR) is 117 cm³/mol. The molecule has 1 unspecified atom stereocenters. The first-order valence-electron chi connectivity index (χ1n) is 10.8.